The van der Waals surface area contributed by atoms with Gasteiger partial charge in [0, 0.05) is 6.54 Å². The van der Waals surface area contributed by atoms with Crippen molar-refractivity contribution < 1.29 is 9.53 Å². The van der Waals surface area contributed by atoms with Gasteiger partial charge in [0.05, 0.1) is 5.56 Å². The maximum absolute atomic E-state index is 11.7. The van der Waals surface area contributed by atoms with E-state index in [2.05, 4.69) is 6.92 Å². The highest BCUT2D eigenvalue weighted by Crippen LogP contribution is 2.09. The Kier molecular flexibility index (Phi) is 9.27. The first-order chi connectivity index (χ1) is 8.63. The van der Waals surface area contributed by atoms with Crippen molar-refractivity contribution in [1.82, 2.24) is 4.90 Å². The Morgan fingerprint density at radius 3 is 2.37 bits per heavy atom. The van der Waals surface area contributed by atoms with Gasteiger partial charge in [-0.25, -0.2) is 4.79 Å². The summed E-state index contributed by atoms with van der Waals surface area (Å²) in [4.78, 5) is 13.7. The van der Waals surface area contributed by atoms with Crippen LogP contribution in [0.5, 0.6) is 0 Å². The van der Waals surface area contributed by atoms with Gasteiger partial charge in [0.2, 0.25) is 0 Å². The standard InChI is InChI=1S/C15H23NO2.ClH/c1-4-5-6-13-7-9-14(10-8-13)15(17)18-12-11-16(2)3;/h7-10H,4-6,11-12H2,1-3H3;1H. The van der Waals surface area contributed by atoms with Gasteiger partial charge in [-0.15, -0.1) is 12.4 Å². The number of ether oxygens (including phenoxy) is 1. The number of carbonyl (C=O) groups is 1. The molecule has 0 atom stereocenters. The molecule has 4 heteroatoms. The summed E-state index contributed by atoms with van der Waals surface area (Å²) >= 11 is 0. The van der Waals surface area contributed by atoms with E-state index in [4.69, 9.17) is 4.74 Å². The van der Waals surface area contributed by atoms with Crippen molar-refractivity contribution in [2.24, 2.45) is 0 Å². The van der Waals surface area contributed by atoms with E-state index < -0.39 is 0 Å². The summed E-state index contributed by atoms with van der Waals surface area (Å²) in [5, 5.41) is 0. The number of hydrogen-bond acceptors (Lipinski definition) is 3. The molecular weight excluding hydrogens is 262 g/mol. The number of halogens is 1. The molecule has 0 heterocycles. The van der Waals surface area contributed by atoms with Crippen LogP contribution in [-0.4, -0.2) is 38.1 Å². The van der Waals surface area contributed by atoms with Gasteiger partial charge in [-0.2, -0.15) is 0 Å². The number of benzene rings is 1. The lowest BCUT2D eigenvalue weighted by atomic mass is 10.1. The topological polar surface area (TPSA) is 29.5 Å². The zero-order valence-electron chi connectivity index (χ0n) is 12.0. The van der Waals surface area contributed by atoms with Crippen LogP contribution in [0.2, 0.25) is 0 Å². The maximum atomic E-state index is 11.7. The fourth-order valence-electron chi connectivity index (χ4n) is 1.59. The summed E-state index contributed by atoms with van der Waals surface area (Å²) in [7, 11) is 3.91. The highest BCUT2D eigenvalue weighted by atomic mass is 35.5. The second kappa shape index (κ2) is 9.82. The second-order valence-corrected chi connectivity index (χ2v) is 4.74. The molecule has 0 aliphatic heterocycles. The van der Waals surface area contributed by atoms with Gasteiger partial charge in [-0.1, -0.05) is 25.5 Å². The summed E-state index contributed by atoms with van der Waals surface area (Å²) in [5.41, 5.74) is 1.91. The zero-order valence-corrected chi connectivity index (χ0v) is 12.8. The average Bonchev–Trinajstić information content (AvgIpc) is 2.36. The summed E-state index contributed by atoms with van der Waals surface area (Å²) in [6.45, 7) is 3.36. The lowest BCUT2D eigenvalue weighted by Crippen LogP contribution is -2.20. The van der Waals surface area contributed by atoms with Gasteiger partial charge < -0.3 is 9.64 Å². The van der Waals surface area contributed by atoms with E-state index in [-0.39, 0.29) is 18.4 Å². The van der Waals surface area contributed by atoms with Crippen molar-refractivity contribution in [3.8, 4) is 0 Å². The van der Waals surface area contributed by atoms with E-state index in [1.165, 1.54) is 18.4 Å². The van der Waals surface area contributed by atoms with Crippen molar-refractivity contribution in [2.45, 2.75) is 26.2 Å². The van der Waals surface area contributed by atoms with Crippen molar-refractivity contribution in [1.29, 1.82) is 0 Å². The highest BCUT2D eigenvalue weighted by Gasteiger charge is 2.06. The van der Waals surface area contributed by atoms with E-state index in [1.807, 2.05) is 43.3 Å². The fraction of sp³-hybridized carbons (Fsp3) is 0.533. The molecule has 0 N–H and O–H groups in total. The van der Waals surface area contributed by atoms with Crippen molar-refractivity contribution >= 4 is 18.4 Å². The molecule has 0 aliphatic rings. The second-order valence-electron chi connectivity index (χ2n) is 4.74. The number of likely N-dealkylation sites (N-methyl/N-ethyl adjacent to an activating group) is 1. The SMILES string of the molecule is CCCCc1ccc(C(=O)OCCN(C)C)cc1.Cl. The number of hydrogen-bond donors (Lipinski definition) is 0. The summed E-state index contributed by atoms with van der Waals surface area (Å²) in [6.07, 6.45) is 3.45. The summed E-state index contributed by atoms with van der Waals surface area (Å²) in [5.74, 6) is -0.237. The van der Waals surface area contributed by atoms with E-state index in [0.29, 0.717) is 12.2 Å². The van der Waals surface area contributed by atoms with Crippen LogP contribution in [0.3, 0.4) is 0 Å². The Balaban J connectivity index is 0.00000324. The predicted octanol–water partition coefficient (Wildman–Crippen LogP) is 3.17. The van der Waals surface area contributed by atoms with E-state index >= 15 is 0 Å². The minimum atomic E-state index is -0.237. The zero-order chi connectivity index (χ0) is 13.4. The fourth-order valence-corrected chi connectivity index (χ4v) is 1.59. The molecular formula is C15H24ClNO2. The third-order valence-corrected chi connectivity index (χ3v) is 2.78. The van der Waals surface area contributed by atoms with Crippen molar-refractivity contribution in [3.05, 3.63) is 35.4 Å². The molecule has 3 nitrogen and oxygen atoms in total. The molecule has 1 aromatic rings. The first kappa shape index (κ1) is 17.9. The van der Waals surface area contributed by atoms with Crippen LogP contribution in [0.15, 0.2) is 24.3 Å². The smallest absolute Gasteiger partial charge is 0.338 e. The molecule has 108 valence electrons. The van der Waals surface area contributed by atoms with Crippen LogP contribution in [0.1, 0.15) is 35.7 Å². The Morgan fingerprint density at radius 2 is 1.84 bits per heavy atom. The summed E-state index contributed by atoms with van der Waals surface area (Å²) in [6, 6.07) is 7.72. The molecule has 1 aromatic carbocycles. The molecule has 0 aliphatic carbocycles. The van der Waals surface area contributed by atoms with Gasteiger partial charge in [0.25, 0.3) is 0 Å². The molecule has 0 fully saturated rings. The van der Waals surface area contributed by atoms with E-state index in [1.54, 1.807) is 0 Å². The van der Waals surface area contributed by atoms with Gasteiger partial charge in [0.1, 0.15) is 6.61 Å². The molecule has 0 unspecified atom stereocenters. The first-order valence-corrected chi connectivity index (χ1v) is 6.54. The number of esters is 1. The predicted molar refractivity (Wildman–Crippen MR) is 81.1 cm³/mol. The van der Waals surface area contributed by atoms with Crippen LogP contribution < -0.4 is 0 Å². The number of rotatable bonds is 7. The normalized spacial score (nSPS) is 10.1. The number of carbonyl (C=O) groups excluding carboxylic acids is 1. The van der Waals surface area contributed by atoms with Gasteiger partial charge >= 0.3 is 5.97 Å². The van der Waals surface area contributed by atoms with Gasteiger partial charge in [0.15, 0.2) is 0 Å². The monoisotopic (exact) mass is 285 g/mol. The summed E-state index contributed by atoms with van der Waals surface area (Å²) < 4.78 is 5.18. The van der Waals surface area contributed by atoms with Crippen LogP contribution in [0.4, 0.5) is 0 Å². The molecule has 0 saturated carbocycles. The quantitative estimate of drug-likeness (QED) is 0.721. The van der Waals surface area contributed by atoms with Crippen LogP contribution in [0.25, 0.3) is 0 Å². The Bertz CT molecular complexity index is 363. The number of unbranched alkanes of at least 4 members (excludes halogenated alkanes) is 1. The molecule has 0 radical (unpaired) electrons. The Labute approximate surface area is 122 Å². The first-order valence-electron chi connectivity index (χ1n) is 6.54. The number of aryl methyl sites for hydroxylation is 1. The third kappa shape index (κ3) is 7.19. The van der Waals surface area contributed by atoms with Gasteiger partial charge in [-0.3, -0.25) is 0 Å². The van der Waals surface area contributed by atoms with Crippen molar-refractivity contribution in [2.75, 3.05) is 27.2 Å². The Hall–Kier alpha value is -1.06. The lowest BCUT2D eigenvalue weighted by Gasteiger charge is -2.10. The van der Waals surface area contributed by atoms with Crippen LogP contribution >= 0.6 is 12.4 Å². The molecule has 0 saturated heterocycles. The molecule has 0 bridgehead atoms. The molecule has 19 heavy (non-hydrogen) atoms. The molecule has 0 amide bonds. The van der Waals surface area contributed by atoms with Crippen LogP contribution in [-0.2, 0) is 11.2 Å². The molecule has 0 spiro atoms. The maximum Gasteiger partial charge on any atom is 0.338 e. The van der Waals surface area contributed by atoms with Gasteiger partial charge in [-0.05, 0) is 44.6 Å². The van der Waals surface area contributed by atoms with E-state index in [9.17, 15) is 4.79 Å². The third-order valence-electron chi connectivity index (χ3n) is 2.78. The molecule has 0 aromatic heterocycles. The average molecular weight is 286 g/mol. The van der Waals surface area contributed by atoms with Crippen molar-refractivity contribution in [3.63, 3.8) is 0 Å². The minimum Gasteiger partial charge on any atom is -0.461 e. The lowest BCUT2D eigenvalue weighted by molar-refractivity contribution is 0.0482. The minimum absolute atomic E-state index is 0. The number of nitrogens with zero attached hydrogens (tertiary/aromatic N) is 1. The molecule has 1 rings (SSSR count). The Morgan fingerprint density at radius 1 is 1.21 bits per heavy atom. The van der Waals surface area contributed by atoms with Crippen LogP contribution in [0, 0.1) is 0 Å². The highest BCUT2D eigenvalue weighted by molar-refractivity contribution is 5.89. The largest absolute Gasteiger partial charge is 0.461 e. The van der Waals surface area contributed by atoms with E-state index in [0.717, 1.165) is 13.0 Å².